The smallest absolute Gasteiger partial charge is 0.407 e. The van der Waals surface area contributed by atoms with E-state index in [1.165, 1.54) is 24.3 Å². The summed E-state index contributed by atoms with van der Waals surface area (Å²) in [4.78, 5) is 25.4. The van der Waals surface area contributed by atoms with Gasteiger partial charge in [-0.25, -0.2) is 4.79 Å². The van der Waals surface area contributed by atoms with Crippen LogP contribution < -0.4 is 10.4 Å². The highest BCUT2D eigenvalue weighted by atomic mass is 19.2. The zero-order valence-electron chi connectivity index (χ0n) is 18.9. The first-order chi connectivity index (χ1) is 16.4. The van der Waals surface area contributed by atoms with Crippen molar-refractivity contribution in [3.8, 4) is 17.2 Å². The van der Waals surface area contributed by atoms with Crippen LogP contribution in [0.15, 0.2) is 72.8 Å². The fourth-order valence-electron chi connectivity index (χ4n) is 4.20. The van der Waals surface area contributed by atoms with Crippen LogP contribution in [0, 0.1) is 17.2 Å². The summed E-state index contributed by atoms with van der Waals surface area (Å²) in [7, 11) is 0. The molecule has 34 heavy (non-hydrogen) atoms. The number of nitriles is 1. The number of alkyl carbamates (subject to hydrolysis) is 1. The second kappa shape index (κ2) is 9.75. The molecule has 0 heterocycles. The molecular formula is C27H24FN3O3. The number of hydrogen-bond donors (Lipinski definition) is 1. The van der Waals surface area contributed by atoms with Crippen LogP contribution >= 0.6 is 0 Å². The minimum Gasteiger partial charge on any atom is -0.449 e. The number of hydrogen-bond acceptors (Lipinski definition) is 4. The fourth-order valence-corrected chi connectivity index (χ4v) is 4.20. The molecule has 1 N–H and O–H groups in total. The van der Waals surface area contributed by atoms with Crippen LogP contribution in [0.4, 0.5) is 15.0 Å². The molecule has 0 saturated heterocycles. The lowest BCUT2D eigenvalue weighted by atomic mass is 9.98. The van der Waals surface area contributed by atoms with Crippen molar-refractivity contribution in [1.29, 1.82) is 5.26 Å². The van der Waals surface area contributed by atoms with E-state index in [-0.39, 0.29) is 29.3 Å². The molecule has 0 aromatic heterocycles. The molecule has 0 radical (unpaired) electrons. The molecule has 1 aliphatic rings. The molecule has 172 valence electrons. The number of fused-ring (bicyclic) bond motifs is 3. The minimum atomic E-state index is -1.13. The summed E-state index contributed by atoms with van der Waals surface area (Å²) >= 11 is 0. The average molecular weight is 458 g/mol. The minimum absolute atomic E-state index is 0.0183. The number of ether oxygens (including phenoxy) is 1. The number of carbonyl (C=O) groups is 2. The molecule has 2 amide bonds. The van der Waals surface area contributed by atoms with Crippen molar-refractivity contribution in [3.63, 3.8) is 0 Å². The molecule has 0 bridgehead atoms. The van der Waals surface area contributed by atoms with E-state index in [9.17, 15) is 14.1 Å². The van der Waals surface area contributed by atoms with E-state index in [4.69, 9.17) is 10.00 Å². The Kier molecular flexibility index (Phi) is 6.60. The van der Waals surface area contributed by atoms with E-state index in [1.54, 1.807) is 13.8 Å². The van der Waals surface area contributed by atoms with Crippen LogP contribution in [-0.4, -0.2) is 24.6 Å². The first-order valence-electron chi connectivity index (χ1n) is 11.0. The molecule has 4 rings (SSSR count). The lowest BCUT2D eigenvalue weighted by Gasteiger charge is -2.24. The number of nitrogens with zero attached hydrogens (tertiary/aromatic N) is 2. The average Bonchev–Trinajstić information content (AvgIpc) is 3.18. The first kappa shape index (κ1) is 23.0. The van der Waals surface area contributed by atoms with E-state index in [1.807, 2.05) is 54.6 Å². The van der Waals surface area contributed by atoms with Gasteiger partial charge < -0.3 is 10.1 Å². The molecular weight excluding hydrogens is 433 g/mol. The maximum absolute atomic E-state index is 14.8. The zero-order valence-corrected chi connectivity index (χ0v) is 18.9. The van der Waals surface area contributed by atoms with Gasteiger partial charge in [0.05, 0.1) is 17.3 Å². The van der Waals surface area contributed by atoms with Crippen molar-refractivity contribution in [2.75, 3.05) is 11.7 Å². The van der Waals surface area contributed by atoms with Crippen molar-refractivity contribution in [1.82, 2.24) is 5.32 Å². The Hall–Kier alpha value is -4.18. The van der Waals surface area contributed by atoms with Crippen molar-refractivity contribution < 1.29 is 18.8 Å². The highest BCUT2D eigenvalue weighted by Gasteiger charge is 2.32. The standard InChI is InChI=1S/C27H24FN3O3/c1-17(2)25(26(32)31(28)19-13-11-18(15-29)12-14-19)30-27(33)34-16-24-22-9-5-3-7-20(22)21-8-4-6-10-23(21)24/h3-14,17,24-25H,16H2,1-2H3,(H,30,33)/t25-/m0/s1. The number of nitrogens with one attached hydrogen (secondary N) is 1. The molecule has 0 spiro atoms. The molecule has 6 nitrogen and oxygen atoms in total. The van der Waals surface area contributed by atoms with Gasteiger partial charge >= 0.3 is 6.09 Å². The Bertz CT molecular complexity index is 1200. The normalized spacial score (nSPS) is 12.9. The Morgan fingerprint density at radius 1 is 1.00 bits per heavy atom. The monoisotopic (exact) mass is 457 g/mol. The molecule has 3 aromatic rings. The molecule has 0 saturated carbocycles. The largest absolute Gasteiger partial charge is 0.449 e. The van der Waals surface area contributed by atoms with E-state index >= 15 is 0 Å². The molecule has 1 aliphatic carbocycles. The van der Waals surface area contributed by atoms with Gasteiger partial charge in [0.25, 0.3) is 5.91 Å². The van der Waals surface area contributed by atoms with Gasteiger partial charge in [-0.15, -0.1) is 5.12 Å². The highest BCUT2D eigenvalue weighted by molar-refractivity contribution is 5.97. The van der Waals surface area contributed by atoms with Gasteiger partial charge in [0.15, 0.2) is 0 Å². The molecule has 0 aliphatic heterocycles. The summed E-state index contributed by atoms with van der Waals surface area (Å²) in [5.41, 5.74) is 4.69. The Labute approximate surface area is 197 Å². The van der Waals surface area contributed by atoms with Crippen molar-refractivity contribution >= 4 is 17.7 Å². The summed E-state index contributed by atoms with van der Waals surface area (Å²) in [5, 5.41) is 11.4. The van der Waals surface area contributed by atoms with Crippen LogP contribution in [-0.2, 0) is 9.53 Å². The van der Waals surface area contributed by atoms with E-state index in [0.717, 1.165) is 22.3 Å². The summed E-state index contributed by atoms with van der Waals surface area (Å²) in [5.74, 6) is -1.43. The lowest BCUT2D eigenvalue weighted by molar-refractivity contribution is -0.124. The van der Waals surface area contributed by atoms with E-state index in [2.05, 4.69) is 5.32 Å². The first-order valence-corrected chi connectivity index (χ1v) is 11.0. The summed E-state index contributed by atoms with van der Waals surface area (Å²) in [6.07, 6.45) is -0.790. The summed E-state index contributed by atoms with van der Waals surface area (Å²) < 4.78 is 20.3. The number of carbonyl (C=O) groups excluding carboxylic acids is 2. The van der Waals surface area contributed by atoms with Crippen molar-refractivity contribution in [2.24, 2.45) is 5.92 Å². The van der Waals surface area contributed by atoms with Crippen molar-refractivity contribution in [2.45, 2.75) is 25.8 Å². The quantitative estimate of drug-likeness (QED) is 0.507. The van der Waals surface area contributed by atoms with Crippen molar-refractivity contribution in [3.05, 3.63) is 89.5 Å². The van der Waals surface area contributed by atoms with Gasteiger partial charge in [-0.05, 0) is 52.4 Å². The maximum atomic E-state index is 14.8. The number of rotatable bonds is 6. The van der Waals surface area contributed by atoms with Crippen LogP contribution in [0.3, 0.4) is 0 Å². The predicted octanol–water partition coefficient (Wildman–Crippen LogP) is 5.34. The third-order valence-corrected chi connectivity index (χ3v) is 5.97. The van der Waals surface area contributed by atoms with Gasteiger partial charge in [0.1, 0.15) is 12.6 Å². The third kappa shape index (κ3) is 4.48. The number of amides is 2. The van der Waals surface area contributed by atoms with Crippen LogP contribution in [0.5, 0.6) is 0 Å². The van der Waals surface area contributed by atoms with Gasteiger partial charge in [0.2, 0.25) is 0 Å². The number of benzene rings is 3. The summed E-state index contributed by atoms with van der Waals surface area (Å²) in [6.45, 7) is 3.51. The van der Waals surface area contributed by atoms with Gasteiger partial charge in [-0.1, -0.05) is 66.9 Å². The van der Waals surface area contributed by atoms with E-state index < -0.39 is 18.0 Å². The van der Waals surface area contributed by atoms with Crippen LogP contribution in [0.2, 0.25) is 0 Å². The second-order valence-electron chi connectivity index (χ2n) is 8.47. The predicted molar refractivity (Wildman–Crippen MR) is 127 cm³/mol. The maximum Gasteiger partial charge on any atom is 0.407 e. The fraction of sp³-hybridized carbons (Fsp3) is 0.222. The second-order valence-corrected chi connectivity index (χ2v) is 8.47. The molecule has 1 atom stereocenters. The Balaban J connectivity index is 1.44. The highest BCUT2D eigenvalue weighted by Crippen LogP contribution is 2.44. The van der Waals surface area contributed by atoms with Gasteiger partial charge in [0, 0.05) is 5.92 Å². The Morgan fingerprint density at radius 3 is 2.09 bits per heavy atom. The third-order valence-electron chi connectivity index (χ3n) is 5.97. The summed E-state index contributed by atoms with van der Waals surface area (Å²) in [6, 6.07) is 22.3. The number of anilines is 1. The lowest BCUT2D eigenvalue weighted by Crippen LogP contribution is -2.49. The van der Waals surface area contributed by atoms with Crippen LogP contribution in [0.1, 0.15) is 36.5 Å². The molecule has 7 heteroatoms. The van der Waals surface area contributed by atoms with Gasteiger partial charge in [-0.3, -0.25) is 4.79 Å². The molecule has 0 unspecified atom stereocenters. The number of halogens is 1. The van der Waals surface area contributed by atoms with Crippen LogP contribution in [0.25, 0.3) is 11.1 Å². The zero-order chi connectivity index (χ0) is 24.2. The molecule has 0 fully saturated rings. The SMILES string of the molecule is CC(C)[C@H](NC(=O)OCC1c2ccccc2-c2ccccc21)C(=O)N(F)c1ccc(C#N)cc1. The van der Waals surface area contributed by atoms with E-state index in [0.29, 0.717) is 5.56 Å². The molecule has 3 aromatic carbocycles. The topological polar surface area (TPSA) is 82.4 Å². The van der Waals surface area contributed by atoms with Gasteiger partial charge in [-0.2, -0.15) is 5.26 Å². The Morgan fingerprint density at radius 2 is 1.56 bits per heavy atom.